The molecule has 0 aromatic carbocycles. The van der Waals surface area contributed by atoms with E-state index in [1.54, 1.807) is 12.3 Å². The van der Waals surface area contributed by atoms with Crippen LogP contribution >= 0.6 is 15.9 Å². The lowest BCUT2D eigenvalue weighted by atomic mass is 10.3. The van der Waals surface area contributed by atoms with Gasteiger partial charge < -0.3 is 4.42 Å². The van der Waals surface area contributed by atoms with Crippen LogP contribution in [0.25, 0.3) is 11.0 Å². The summed E-state index contributed by atoms with van der Waals surface area (Å²) in [7, 11) is 0. The smallest absolute Gasteiger partial charge is 0.204 e. The van der Waals surface area contributed by atoms with Gasteiger partial charge in [0, 0.05) is 15.9 Å². The summed E-state index contributed by atoms with van der Waals surface area (Å²) in [5.41, 5.74) is 1.52. The summed E-state index contributed by atoms with van der Waals surface area (Å²) in [4.78, 5) is 4.10. The molecule has 0 atom stereocenters. The number of fused-ring (bicyclic) bond motifs is 1. The van der Waals surface area contributed by atoms with Crippen molar-refractivity contribution in [1.82, 2.24) is 4.98 Å². The van der Waals surface area contributed by atoms with E-state index in [4.69, 9.17) is 9.68 Å². The first-order valence-electron chi connectivity index (χ1n) is 4.67. The van der Waals surface area contributed by atoms with Crippen LogP contribution in [0.4, 0.5) is 0 Å². The van der Waals surface area contributed by atoms with Crippen molar-refractivity contribution < 1.29 is 4.42 Å². The van der Waals surface area contributed by atoms with Crippen molar-refractivity contribution in [2.24, 2.45) is 0 Å². The van der Waals surface area contributed by atoms with Crippen LogP contribution in [0.5, 0.6) is 0 Å². The number of furan rings is 1. The first-order chi connectivity index (χ1) is 7.22. The summed E-state index contributed by atoms with van der Waals surface area (Å²) in [5, 5.41) is 9.51. The zero-order valence-electron chi connectivity index (χ0n) is 8.84. The first-order valence-corrected chi connectivity index (χ1v) is 5.46. The maximum absolute atomic E-state index is 8.62. The van der Waals surface area contributed by atoms with Crippen LogP contribution in [0.1, 0.15) is 25.3 Å². The van der Waals surface area contributed by atoms with Crippen LogP contribution in [0, 0.1) is 18.3 Å². The number of hydrogen-bond acceptors (Lipinski definition) is 3. The molecular formula is C11H11BrN2O. The molecule has 2 aromatic rings. The van der Waals surface area contributed by atoms with Gasteiger partial charge in [0.15, 0.2) is 5.58 Å². The van der Waals surface area contributed by atoms with Gasteiger partial charge >= 0.3 is 0 Å². The molecule has 0 radical (unpaired) electrons. The number of nitriles is 1. The molecule has 3 nitrogen and oxygen atoms in total. The molecule has 0 spiro atoms. The lowest BCUT2D eigenvalue weighted by molar-refractivity contribution is 0.597. The van der Waals surface area contributed by atoms with Gasteiger partial charge in [0.25, 0.3) is 0 Å². The van der Waals surface area contributed by atoms with Crippen molar-refractivity contribution in [2.45, 2.75) is 20.8 Å². The second kappa shape index (κ2) is 4.94. The van der Waals surface area contributed by atoms with Gasteiger partial charge in [-0.25, -0.2) is 0 Å². The second-order valence-corrected chi connectivity index (χ2v) is 3.45. The van der Waals surface area contributed by atoms with Gasteiger partial charge in [0.1, 0.15) is 6.07 Å². The van der Waals surface area contributed by atoms with Crippen LogP contribution in [0.2, 0.25) is 0 Å². The fraction of sp³-hybridized carbons (Fsp3) is 0.273. The molecule has 4 heteroatoms. The quantitative estimate of drug-likeness (QED) is 0.729. The van der Waals surface area contributed by atoms with Crippen molar-refractivity contribution in [3.05, 3.63) is 28.2 Å². The Hall–Kier alpha value is -1.34. The van der Waals surface area contributed by atoms with E-state index in [2.05, 4.69) is 20.9 Å². The molecule has 0 aliphatic heterocycles. The van der Waals surface area contributed by atoms with Crippen LogP contribution in [-0.4, -0.2) is 4.98 Å². The van der Waals surface area contributed by atoms with Crippen LogP contribution in [0.3, 0.4) is 0 Å². The number of rotatable bonds is 0. The molecule has 0 aliphatic carbocycles. The van der Waals surface area contributed by atoms with E-state index in [9.17, 15) is 0 Å². The molecule has 0 bridgehead atoms. The molecule has 78 valence electrons. The predicted molar refractivity (Wildman–Crippen MR) is 62.5 cm³/mol. The zero-order valence-corrected chi connectivity index (χ0v) is 10.4. The van der Waals surface area contributed by atoms with Gasteiger partial charge in [-0.05, 0) is 22.9 Å². The standard InChI is InChI=1S/C9H5BrN2O.C2H6/c1-5-9(10)7-2-6(3-11)13-8(7)4-12-5;1-2/h2,4H,1H3;1-2H3. The molecule has 0 amide bonds. The van der Waals surface area contributed by atoms with Gasteiger partial charge in [-0.15, -0.1) is 0 Å². The molecule has 0 aliphatic rings. The maximum atomic E-state index is 8.62. The van der Waals surface area contributed by atoms with Crippen molar-refractivity contribution in [3.63, 3.8) is 0 Å². The Morgan fingerprint density at radius 3 is 2.73 bits per heavy atom. The van der Waals surface area contributed by atoms with E-state index >= 15 is 0 Å². The minimum Gasteiger partial charge on any atom is -0.444 e. The van der Waals surface area contributed by atoms with Crippen molar-refractivity contribution in [1.29, 1.82) is 5.26 Å². The highest BCUT2D eigenvalue weighted by atomic mass is 79.9. The third-order valence-electron chi connectivity index (χ3n) is 1.80. The minimum absolute atomic E-state index is 0.308. The van der Waals surface area contributed by atoms with Crippen LogP contribution in [-0.2, 0) is 0 Å². The lowest BCUT2D eigenvalue weighted by Gasteiger charge is -1.95. The second-order valence-electron chi connectivity index (χ2n) is 2.66. The molecular weight excluding hydrogens is 256 g/mol. The third-order valence-corrected chi connectivity index (χ3v) is 2.80. The SMILES string of the molecule is CC.Cc1ncc2oc(C#N)cc2c1Br. The van der Waals surface area contributed by atoms with Crippen LogP contribution < -0.4 is 0 Å². The largest absolute Gasteiger partial charge is 0.444 e. The topological polar surface area (TPSA) is 49.8 Å². The van der Waals surface area contributed by atoms with Gasteiger partial charge in [-0.1, -0.05) is 13.8 Å². The van der Waals surface area contributed by atoms with Gasteiger partial charge in [-0.3, -0.25) is 4.98 Å². The third kappa shape index (κ3) is 2.18. The minimum atomic E-state index is 0.308. The Kier molecular flexibility index (Phi) is 3.87. The first kappa shape index (κ1) is 11.7. The average molecular weight is 267 g/mol. The molecule has 2 heterocycles. The monoisotopic (exact) mass is 266 g/mol. The fourth-order valence-electron chi connectivity index (χ4n) is 1.13. The van der Waals surface area contributed by atoms with E-state index in [-0.39, 0.29) is 0 Å². The Morgan fingerprint density at radius 2 is 2.13 bits per heavy atom. The summed E-state index contributed by atoms with van der Waals surface area (Å²) >= 11 is 3.39. The zero-order chi connectivity index (χ0) is 11.4. The summed E-state index contributed by atoms with van der Waals surface area (Å²) in [5.74, 6) is 0.308. The number of aromatic nitrogens is 1. The van der Waals surface area contributed by atoms with E-state index in [0.29, 0.717) is 11.3 Å². The highest BCUT2D eigenvalue weighted by Gasteiger charge is 2.08. The summed E-state index contributed by atoms with van der Waals surface area (Å²) < 4.78 is 6.08. The average Bonchev–Trinajstić information content (AvgIpc) is 2.70. The van der Waals surface area contributed by atoms with Gasteiger partial charge in [-0.2, -0.15) is 5.26 Å². The highest BCUT2D eigenvalue weighted by molar-refractivity contribution is 9.10. The van der Waals surface area contributed by atoms with Crippen LogP contribution in [0.15, 0.2) is 21.2 Å². The molecule has 15 heavy (non-hydrogen) atoms. The Balaban J connectivity index is 0.000000531. The predicted octanol–water partition coefficient (Wildman–Crippen LogP) is 3.80. The molecule has 0 fully saturated rings. The summed E-state index contributed by atoms with van der Waals surface area (Å²) in [6, 6.07) is 3.65. The van der Waals surface area contributed by atoms with E-state index in [1.807, 2.05) is 26.8 Å². The van der Waals surface area contributed by atoms with Gasteiger partial charge in [0.05, 0.1) is 11.9 Å². The number of aryl methyl sites for hydroxylation is 1. The number of halogens is 1. The number of nitrogens with zero attached hydrogens (tertiary/aromatic N) is 2. The lowest BCUT2D eigenvalue weighted by Crippen LogP contribution is -1.80. The molecule has 2 rings (SSSR count). The van der Waals surface area contributed by atoms with Crippen molar-refractivity contribution in [3.8, 4) is 6.07 Å². The van der Waals surface area contributed by atoms with Crippen molar-refractivity contribution >= 4 is 26.9 Å². The number of hydrogen-bond donors (Lipinski definition) is 0. The highest BCUT2D eigenvalue weighted by Crippen LogP contribution is 2.27. The molecule has 0 saturated carbocycles. The summed E-state index contributed by atoms with van der Waals surface area (Å²) in [6.07, 6.45) is 1.62. The maximum Gasteiger partial charge on any atom is 0.204 e. The molecule has 2 aromatic heterocycles. The molecule has 0 unspecified atom stereocenters. The Morgan fingerprint density at radius 1 is 1.47 bits per heavy atom. The number of pyridine rings is 1. The van der Waals surface area contributed by atoms with E-state index in [0.717, 1.165) is 15.6 Å². The van der Waals surface area contributed by atoms with E-state index < -0.39 is 0 Å². The Labute approximate surface area is 96.9 Å². The molecule has 0 saturated heterocycles. The van der Waals surface area contributed by atoms with Crippen molar-refractivity contribution in [2.75, 3.05) is 0 Å². The molecule has 0 N–H and O–H groups in total. The normalized spacial score (nSPS) is 9.27. The van der Waals surface area contributed by atoms with E-state index in [1.165, 1.54) is 0 Å². The Bertz CT molecular complexity index is 511. The summed E-state index contributed by atoms with van der Waals surface area (Å²) in [6.45, 7) is 5.89. The van der Waals surface area contributed by atoms with Gasteiger partial charge in [0.2, 0.25) is 5.76 Å². The fourth-order valence-corrected chi connectivity index (χ4v) is 1.55.